The van der Waals surface area contributed by atoms with Crippen LogP contribution in [0.2, 0.25) is 0 Å². The molecule has 3 nitrogen and oxygen atoms in total. The van der Waals surface area contributed by atoms with Crippen LogP contribution in [0.25, 0.3) is 0 Å². The smallest absolute Gasteiger partial charge is 0.213 e. The van der Waals surface area contributed by atoms with E-state index in [4.69, 9.17) is 10.5 Å². The maximum absolute atomic E-state index is 5.67. The monoisotopic (exact) mass is 166 g/mol. The summed E-state index contributed by atoms with van der Waals surface area (Å²) >= 11 is 0. The lowest BCUT2D eigenvalue weighted by Gasteiger charge is -2.09. The van der Waals surface area contributed by atoms with Crippen molar-refractivity contribution in [2.45, 2.75) is 19.4 Å². The second kappa shape index (κ2) is 4.72. The molecule has 0 aliphatic heterocycles. The van der Waals surface area contributed by atoms with Crippen molar-refractivity contribution in [3.05, 3.63) is 24.4 Å². The summed E-state index contributed by atoms with van der Waals surface area (Å²) in [5.74, 6) is 0.640. The number of hydrogen-bond donors (Lipinski definition) is 1. The summed E-state index contributed by atoms with van der Waals surface area (Å²) in [4.78, 5) is 4.01. The van der Waals surface area contributed by atoms with E-state index in [0.717, 1.165) is 6.42 Å². The molecule has 3 heteroatoms. The average Bonchev–Trinajstić information content (AvgIpc) is 2.16. The maximum Gasteiger partial charge on any atom is 0.213 e. The molecule has 0 bridgehead atoms. The number of ether oxygens (including phenoxy) is 1. The molecular weight excluding hydrogens is 152 g/mol. The lowest BCUT2D eigenvalue weighted by molar-refractivity contribution is 0.275. The van der Waals surface area contributed by atoms with Gasteiger partial charge in [0.2, 0.25) is 5.88 Å². The van der Waals surface area contributed by atoms with Crippen LogP contribution in [0.3, 0.4) is 0 Å². The minimum atomic E-state index is 0.104. The zero-order valence-electron chi connectivity index (χ0n) is 7.23. The molecule has 0 saturated carbocycles. The van der Waals surface area contributed by atoms with Crippen molar-refractivity contribution in [2.75, 3.05) is 6.61 Å². The Bertz CT molecular complexity index is 213. The fraction of sp³-hybridized carbons (Fsp3) is 0.444. The van der Waals surface area contributed by atoms with Gasteiger partial charge in [0, 0.05) is 18.3 Å². The Hall–Kier alpha value is -1.09. The first-order valence-corrected chi connectivity index (χ1v) is 4.12. The first kappa shape index (κ1) is 9.00. The third-order valence-corrected chi connectivity index (χ3v) is 1.61. The number of nitrogens with zero attached hydrogens (tertiary/aromatic N) is 1. The van der Waals surface area contributed by atoms with Gasteiger partial charge >= 0.3 is 0 Å². The van der Waals surface area contributed by atoms with Crippen molar-refractivity contribution in [2.24, 2.45) is 5.73 Å². The average molecular weight is 166 g/mol. The van der Waals surface area contributed by atoms with E-state index in [1.807, 2.05) is 25.1 Å². The molecule has 0 aliphatic rings. The standard InChI is InChI=1S/C9H14N2O/c1-2-8(10)7-12-9-5-3-4-6-11-9/h3-6,8H,2,7,10H2,1H3/t8-/m0/s1. The highest BCUT2D eigenvalue weighted by atomic mass is 16.5. The Morgan fingerprint density at radius 2 is 2.42 bits per heavy atom. The zero-order valence-corrected chi connectivity index (χ0v) is 7.23. The Morgan fingerprint density at radius 3 is 3.00 bits per heavy atom. The largest absolute Gasteiger partial charge is 0.476 e. The molecular formula is C9H14N2O. The summed E-state index contributed by atoms with van der Waals surface area (Å²) in [6.45, 7) is 2.57. The van der Waals surface area contributed by atoms with Crippen LogP contribution in [0.5, 0.6) is 5.88 Å². The molecule has 1 atom stereocenters. The predicted molar refractivity (Wildman–Crippen MR) is 48.0 cm³/mol. The van der Waals surface area contributed by atoms with Gasteiger partial charge in [-0.3, -0.25) is 0 Å². The first-order chi connectivity index (χ1) is 5.83. The van der Waals surface area contributed by atoms with Crippen molar-refractivity contribution in [1.82, 2.24) is 4.98 Å². The van der Waals surface area contributed by atoms with Crippen molar-refractivity contribution < 1.29 is 4.74 Å². The lowest BCUT2D eigenvalue weighted by atomic mass is 10.3. The second-order valence-electron chi connectivity index (χ2n) is 2.65. The van der Waals surface area contributed by atoms with Crippen molar-refractivity contribution in [1.29, 1.82) is 0 Å². The Balaban J connectivity index is 2.33. The van der Waals surface area contributed by atoms with Gasteiger partial charge < -0.3 is 10.5 Å². The quantitative estimate of drug-likeness (QED) is 0.731. The number of aromatic nitrogens is 1. The minimum Gasteiger partial charge on any atom is -0.476 e. The fourth-order valence-electron chi connectivity index (χ4n) is 0.743. The van der Waals surface area contributed by atoms with Gasteiger partial charge in [-0.1, -0.05) is 13.0 Å². The topological polar surface area (TPSA) is 48.1 Å². The lowest BCUT2D eigenvalue weighted by Crippen LogP contribution is -2.26. The Morgan fingerprint density at radius 1 is 1.58 bits per heavy atom. The first-order valence-electron chi connectivity index (χ1n) is 4.12. The Kier molecular flexibility index (Phi) is 3.54. The van der Waals surface area contributed by atoms with E-state index in [-0.39, 0.29) is 6.04 Å². The number of rotatable bonds is 4. The van der Waals surface area contributed by atoms with E-state index in [1.54, 1.807) is 6.20 Å². The van der Waals surface area contributed by atoms with Gasteiger partial charge in [-0.2, -0.15) is 0 Å². The minimum absolute atomic E-state index is 0.104. The molecule has 1 aromatic rings. The van der Waals surface area contributed by atoms with Crippen LogP contribution in [-0.2, 0) is 0 Å². The van der Waals surface area contributed by atoms with Crippen molar-refractivity contribution >= 4 is 0 Å². The molecule has 0 radical (unpaired) electrons. The van der Waals surface area contributed by atoms with E-state index in [1.165, 1.54) is 0 Å². The molecule has 0 amide bonds. The van der Waals surface area contributed by atoms with E-state index >= 15 is 0 Å². The molecule has 0 aromatic carbocycles. The van der Waals surface area contributed by atoms with Crippen LogP contribution in [-0.4, -0.2) is 17.6 Å². The molecule has 1 heterocycles. The molecule has 0 unspecified atom stereocenters. The van der Waals surface area contributed by atoms with Crippen LogP contribution >= 0.6 is 0 Å². The zero-order chi connectivity index (χ0) is 8.81. The summed E-state index contributed by atoms with van der Waals surface area (Å²) in [5, 5.41) is 0. The second-order valence-corrected chi connectivity index (χ2v) is 2.65. The summed E-state index contributed by atoms with van der Waals surface area (Å²) in [6, 6.07) is 5.67. The van der Waals surface area contributed by atoms with Crippen molar-refractivity contribution in [3.8, 4) is 5.88 Å². The predicted octanol–water partition coefficient (Wildman–Crippen LogP) is 1.20. The maximum atomic E-state index is 5.67. The third kappa shape index (κ3) is 2.88. The highest BCUT2D eigenvalue weighted by molar-refractivity contribution is 5.09. The van der Waals surface area contributed by atoms with Gasteiger partial charge in [-0.25, -0.2) is 4.98 Å². The summed E-state index contributed by atoms with van der Waals surface area (Å²) in [5.41, 5.74) is 5.67. The molecule has 66 valence electrons. The van der Waals surface area contributed by atoms with E-state index in [9.17, 15) is 0 Å². The third-order valence-electron chi connectivity index (χ3n) is 1.61. The van der Waals surface area contributed by atoms with Gasteiger partial charge in [-0.15, -0.1) is 0 Å². The summed E-state index contributed by atoms with van der Waals surface area (Å²) in [7, 11) is 0. The van der Waals surface area contributed by atoms with Gasteiger partial charge in [0.25, 0.3) is 0 Å². The molecule has 0 aliphatic carbocycles. The van der Waals surface area contributed by atoms with Crippen LogP contribution in [0.4, 0.5) is 0 Å². The highest BCUT2D eigenvalue weighted by Crippen LogP contribution is 2.03. The van der Waals surface area contributed by atoms with E-state index in [0.29, 0.717) is 12.5 Å². The molecule has 0 fully saturated rings. The molecule has 2 N–H and O–H groups in total. The molecule has 12 heavy (non-hydrogen) atoms. The van der Waals surface area contributed by atoms with E-state index in [2.05, 4.69) is 4.98 Å². The van der Waals surface area contributed by atoms with Gasteiger partial charge in [-0.05, 0) is 12.5 Å². The highest BCUT2D eigenvalue weighted by Gasteiger charge is 1.99. The molecule has 1 aromatic heterocycles. The SMILES string of the molecule is CC[C@H](N)COc1ccccn1. The van der Waals surface area contributed by atoms with Crippen LogP contribution < -0.4 is 10.5 Å². The summed E-state index contributed by atoms with van der Waals surface area (Å²) in [6.07, 6.45) is 2.62. The molecule has 0 saturated heterocycles. The summed E-state index contributed by atoms with van der Waals surface area (Å²) < 4.78 is 5.32. The van der Waals surface area contributed by atoms with Crippen LogP contribution in [0, 0.1) is 0 Å². The Labute approximate surface area is 72.6 Å². The van der Waals surface area contributed by atoms with E-state index < -0.39 is 0 Å². The van der Waals surface area contributed by atoms with Crippen molar-refractivity contribution in [3.63, 3.8) is 0 Å². The molecule has 0 spiro atoms. The fourth-order valence-corrected chi connectivity index (χ4v) is 0.743. The number of pyridine rings is 1. The number of nitrogens with two attached hydrogens (primary N) is 1. The van der Waals surface area contributed by atoms with Crippen LogP contribution in [0.1, 0.15) is 13.3 Å². The number of hydrogen-bond acceptors (Lipinski definition) is 3. The van der Waals surface area contributed by atoms with Crippen LogP contribution in [0.15, 0.2) is 24.4 Å². The van der Waals surface area contributed by atoms with Gasteiger partial charge in [0.05, 0.1) is 0 Å². The normalized spacial score (nSPS) is 12.5. The van der Waals surface area contributed by atoms with Gasteiger partial charge in [0.1, 0.15) is 6.61 Å². The van der Waals surface area contributed by atoms with Gasteiger partial charge in [0.15, 0.2) is 0 Å². The molecule has 1 rings (SSSR count).